The zero-order chi connectivity index (χ0) is 13.7. The Bertz CT molecular complexity index is 403. The quantitative estimate of drug-likeness (QED) is 0.814. The summed E-state index contributed by atoms with van der Waals surface area (Å²) in [7, 11) is 2.22. The lowest BCUT2D eigenvalue weighted by Gasteiger charge is -2.28. The lowest BCUT2D eigenvalue weighted by molar-refractivity contribution is 0.211. The third kappa shape index (κ3) is 5.07. The zero-order valence-electron chi connectivity index (χ0n) is 11.5. The molecule has 0 atom stereocenters. The van der Waals surface area contributed by atoms with Crippen LogP contribution in [-0.4, -0.2) is 31.6 Å². The lowest BCUT2D eigenvalue weighted by atomic mass is 9.94. The SMILES string of the molecule is CN1CCC(CCNCc2ccc(Cl)c(Br)c2)CC1. The summed E-state index contributed by atoms with van der Waals surface area (Å²) in [4.78, 5) is 2.43. The number of hydrogen-bond acceptors (Lipinski definition) is 2. The summed E-state index contributed by atoms with van der Waals surface area (Å²) in [5.74, 6) is 0.903. The minimum absolute atomic E-state index is 0.773. The van der Waals surface area contributed by atoms with Gasteiger partial charge < -0.3 is 10.2 Å². The van der Waals surface area contributed by atoms with E-state index in [-0.39, 0.29) is 0 Å². The Balaban J connectivity index is 1.65. The van der Waals surface area contributed by atoms with Crippen LogP contribution in [0.25, 0.3) is 0 Å². The molecule has 0 aromatic heterocycles. The molecule has 0 spiro atoms. The molecule has 1 aliphatic rings. The number of nitrogens with one attached hydrogen (secondary N) is 1. The highest BCUT2D eigenvalue weighted by molar-refractivity contribution is 9.10. The van der Waals surface area contributed by atoms with Crippen molar-refractivity contribution in [3.05, 3.63) is 33.3 Å². The maximum absolute atomic E-state index is 5.98. The fourth-order valence-corrected chi connectivity index (χ4v) is 3.08. The summed E-state index contributed by atoms with van der Waals surface area (Å²) in [5, 5.41) is 4.30. The summed E-state index contributed by atoms with van der Waals surface area (Å²) >= 11 is 9.44. The topological polar surface area (TPSA) is 15.3 Å². The van der Waals surface area contributed by atoms with Crippen LogP contribution in [0.3, 0.4) is 0 Å². The van der Waals surface area contributed by atoms with Crippen LogP contribution in [0.2, 0.25) is 5.02 Å². The third-order valence-corrected chi connectivity index (χ3v) is 5.09. The van der Waals surface area contributed by atoms with Crippen molar-refractivity contribution in [1.29, 1.82) is 0 Å². The van der Waals surface area contributed by atoms with Crippen molar-refractivity contribution in [3.8, 4) is 0 Å². The molecule has 19 heavy (non-hydrogen) atoms. The van der Waals surface area contributed by atoms with Crippen molar-refractivity contribution in [1.82, 2.24) is 10.2 Å². The van der Waals surface area contributed by atoms with Gasteiger partial charge in [0.05, 0.1) is 5.02 Å². The predicted molar refractivity (Wildman–Crippen MR) is 85.7 cm³/mol. The number of rotatable bonds is 5. The molecule has 1 saturated heterocycles. The summed E-state index contributed by atoms with van der Waals surface area (Å²) in [6, 6.07) is 6.11. The number of piperidine rings is 1. The van der Waals surface area contributed by atoms with Gasteiger partial charge in [0.25, 0.3) is 0 Å². The van der Waals surface area contributed by atoms with Gasteiger partial charge in [-0.25, -0.2) is 0 Å². The molecule has 0 aliphatic carbocycles. The van der Waals surface area contributed by atoms with Gasteiger partial charge in [0.1, 0.15) is 0 Å². The summed E-state index contributed by atoms with van der Waals surface area (Å²) in [6.45, 7) is 4.54. The Labute approximate surface area is 129 Å². The second kappa shape index (κ2) is 7.63. The van der Waals surface area contributed by atoms with E-state index in [1.165, 1.54) is 37.9 Å². The van der Waals surface area contributed by atoms with E-state index in [0.29, 0.717) is 0 Å². The molecule has 0 bridgehead atoms. The van der Waals surface area contributed by atoms with Crippen LogP contribution in [0.1, 0.15) is 24.8 Å². The molecule has 2 nitrogen and oxygen atoms in total. The standard InChI is InChI=1S/C15H22BrClN2/c1-19-8-5-12(6-9-19)4-7-18-11-13-2-3-15(17)14(16)10-13/h2-3,10,12,18H,4-9,11H2,1H3. The highest BCUT2D eigenvalue weighted by atomic mass is 79.9. The van der Waals surface area contributed by atoms with E-state index in [0.717, 1.165) is 28.5 Å². The van der Waals surface area contributed by atoms with Gasteiger partial charge in [0, 0.05) is 11.0 Å². The van der Waals surface area contributed by atoms with Crippen LogP contribution >= 0.6 is 27.5 Å². The second-order valence-corrected chi connectivity index (χ2v) is 6.72. The number of halogens is 2. The summed E-state index contributed by atoms with van der Waals surface area (Å²) in [5.41, 5.74) is 1.28. The van der Waals surface area contributed by atoms with Crippen LogP contribution in [0.4, 0.5) is 0 Å². The monoisotopic (exact) mass is 344 g/mol. The van der Waals surface area contributed by atoms with Crippen molar-refractivity contribution < 1.29 is 0 Å². The van der Waals surface area contributed by atoms with Crippen LogP contribution in [0, 0.1) is 5.92 Å². The minimum Gasteiger partial charge on any atom is -0.313 e. The Morgan fingerprint density at radius 3 is 2.79 bits per heavy atom. The van der Waals surface area contributed by atoms with Gasteiger partial charge in [0.15, 0.2) is 0 Å². The molecule has 1 aliphatic heterocycles. The van der Waals surface area contributed by atoms with Gasteiger partial charge in [-0.2, -0.15) is 0 Å². The van der Waals surface area contributed by atoms with E-state index in [2.05, 4.69) is 45.3 Å². The van der Waals surface area contributed by atoms with Crippen LogP contribution in [0.15, 0.2) is 22.7 Å². The molecule has 1 heterocycles. The molecule has 0 unspecified atom stereocenters. The molecule has 1 fully saturated rings. The molecule has 1 aromatic carbocycles. The normalized spacial score (nSPS) is 17.8. The first-order valence-corrected chi connectivity index (χ1v) is 8.15. The summed E-state index contributed by atoms with van der Waals surface area (Å²) < 4.78 is 0.976. The molecule has 4 heteroatoms. The Morgan fingerprint density at radius 1 is 1.37 bits per heavy atom. The number of nitrogens with zero attached hydrogens (tertiary/aromatic N) is 1. The molecule has 1 N–H and O–H groups in total. The van der Waals surface area contributed by atoms with E-state index in [9.17, 15) is 0 Å². The van der Waals surface area contributed by atoms with Crippen LogP contribution in [0.5, 0.6) is 0 Å². The van der Waals surface area contributed by atoms with Gasteiger partial charge >= 0.3 is 0 Å². The zero-order valence-corrected chi connectivity index (χ0v) is 13.8. The van der Waals surface area contributed by atoms with Crippen LogP contribution < -0.4 is 5.32 Å². The van der Waals surface area contributed by atoms with Gasteiger partial charge in [-0.05, 0) is 85.5 Å². The van der Waals surface area contributed by atoms with Crippen molar-refractivity contribution in [2.75, 3.05) is 26.7 Å². The first-order chi connectivity index (χ1) is 9.15. The molecular formula is C15H22BrClN2. The summed E-state index contributed by atoms with van der Waals surface area (Å²) in [6.07, 6.45) is 4.00. The van der Waals surface area contributed by atoms with E-state index in [4.69, 9.17) is 11.6 Å². The molecule has 0 radical (unpaired) electrons. The fraction of sp³-hybridized carbons (Fsp3) is 0.600. The first kappa shape index (κ1) is 15.3. The van der Waals surface area contributed by atoms with E-state index in [1.54, 1.807) is 0 Å². The molecule has 106 valence electrons. The van der Waals surface area contributed by atoms with Crippen molar-refractivity contribution in [2.45, 2.75) is 25.8 Å². The number of likely N-dealkylation sites (tertiary alicyclic amines) is 1. The second-order valence-electron chi connectivity index (χ2n) is 5.46. The molecule has 0 saturated carbocycles. The fourth-order valence-electron chi connectivity index (χ4n) is 2.54. The van der Waals surface area contributed by atoms with Crippen LogP contribution in [-0.2, 0) is 6.54 Å². The van der Waals surface area contributed by atoms with Gasteiger partial charge in [-0.1, -0.05) is 17.7 Å². The Morgan fingerprint density at radius 2 is 2.11 bits per heavy atom. The third-order valence-electron chi connectivity index (χ3n) is 3.88. The van der Waals surface area contributed by atoms with Crippen molar-refractivity contribution in [3.63, 3.8) is 0 Å². The average molecular weight is 346 g/mol. The van der Waals surface area contributed by atoms with Crippen molar-refractivity contribution in [2.24, 2.45) is 5.92 Å². The van der Waals surface area contributed by atoms with Gasteiger partial charge in [-0.3, -0.25) is 0 Å². The minimum atomic E-state index is 0.773. The lowest BCUT2D eigenvalue weighted by Crippen LogP contribution is -2.31. The smallest absolute Gasteiger partial charge is 0.0548 e. The van der Waals surface area contributed by atoms with E-state index >= 15 is 0 Å². The molecule has 0 amide bonds. The highest BCUT2D eigenvalue weighted by Gasteiger charge is 2.15. The van der Waals surface area contributed by atoms with E-state index < -0.39 is 0 Å². The Hall–Kier alpha value is -0.0900. The molecule has 2 rings (SSSR count). The van der Waals surface area contributed by atoms with Crippen molar-refractivity contribution >= 4 is 27.5 Å². The Kier molecular flexibility index (Phi) is 6.14. The first-order valence-electron chi connectivity index (χ1n) is 6.98. The average Bonchev–Trinajstić information content (AvgIpc) is 2.41. The molecule has 1 aromatic rings. The number of hydrogen-bond donors (Lipinski definition) is 1. The number of benzene rings is 1. The van der Waals surface area contributed by atoms with E-state index in [1.807, 2.05) is 6.07 Å². The highest BCUT2D eigenvalue weighted by Crippen LogP contribution is 2.23. The maximum atomic E-state index is 5.98. The maximum Gasteiger partial charge on any atom is 0.0548 e. The van der Waals surface area contributed by atoms with Gasteiger partial charge in [-0.15, -0.1) is 0 Å². The predicted octanol–water partition coefficient (Wildman–Crippen LogP) is 3.92. The van der Waals surface area contributed by atoms with Gasteiger partial charge in [0.2, 0.25) is 0 Å². The molecular weight excluding hydrogens is 324 g/mol. The largest absolute Gasteiger partial charge is 0.313 e.